The van der Waals surface area contributed by atoms with E-state index in [1.165, 1.54) is 55.9 Å². The van der Waals surface area contributed by atoms with Crippen LogP contribution < -0.4 is 14.2 Å². The van der Waals surface area contributed by atoms with Crippen molar-refractivity contribution >= 4 is 17.8 Å². The molecule has 6 aliphatic rings. The van der Waals surface area contributed by atoms with Crippen molar-refractivity contribution in [3.05, 3.63) is 47.0 Å². The van der Waals surface area contributed by atoms with Crippen LogP contribution in [0.25, 0.3) is 0 Å². The number of carbonyl (C=O) groups is 1. The summed E-state index contributed by atoms with van der Waals surface area (Å²) in [5.74, 6) is 0.656. The van der Waals surface area contributed by atoms with Crippen LogP contribution in [0.4, 0.5) is 14.5 Å². The Labute approximate surface area is 331 Å². The Kier molecular flexibility index (Phi) is 11.9. The van der Waals surface area contributed by atoms with Crippen molar-refractivity contribution in [2.45, 2.75) is 114 Å². The topological polar surface area (TPSA) is 87.1 Å². The van der Waals surface area contributed by atoms with Crippen LogP contribution in [0.2, 0.25) is 0 Å². The van der Waals surface area contributed by atoms with Crippen molar-refractivity contribution in [1.29, 1.82) is 0 Å². The van der Waals surface area contributed by atoms with Crippen LogP contribution in [0.1, 0.15) is 111 Å². The van der Waals surface area contributed by atoms with Crippen LogP contribution in [0.15, 0.2) is 35.3 Å². The number of unbranched alkanes of at least 4 members (excludes halogenated alkanes) is 4. The van der Waals surface area contributed by atoms with Gasteiger partial charge in [-0.25, -0.2) is 8.78 Å². The quantitative estimate of drug-likeness (QED) is 0.184. The Morgan fingerprint density at radius 1 is 0.875 bits per heavy atom. The zero-order valence-electron chi connectivity index (χ0n) is 33.5. The third-order valence-corrected chi connectivity index (χ3v) is 14.3. The minimum absolute atomic E-state index is 0.109. The number of fused-ring (bicyclic) bond motifs is 7. The highest BCUT2D eigenvalue weighted by molar-refractivity contribution is 6.03. The minimum Gasteiger partial charge on any atom is -0.494 e. The largest absolute Gasteiger partial charge is 0.494 e. The standard InChI is InChI=1S/C45H62F2N4O5/c1-44-16-15-35-34-12-10-33(25-31(34)9-11-36(35)38(44)13-14-42(44)52)55-23-7-3-5-17-49-19-21-50(22-20-49)18-6-4-8-24-56-41-27-39-37(26-40(41)54-2)43(53)51-30-45(46,47)28-32(51)29-48-39/h10,12,25-27,29,32,35-36,38,42,52H,3-9,11,13-24,28,30H2,1-2H3/t32-,35+,36+,38-,42-,44-/m0/s1. The number of rotatable bonds is 15. The van der Waals surface area contributed by atoms with E-state index in [4.69, 9.17) is 14.2 Å². The molecule has 1 N–H and O–H groups in total. The Hall–Kier alpha value is -3.28. The summed E-state index contributed by atoms with van der Waals surface area (Å²) < 4.78 is 45.8. The summed E-state index contributed by atoms with van der Waals surface area (Å²) in [7, 11) is 1.51. The molecule has 1 amide bonds. The first-order chi connectivity index (χ1) is 27.1. The number of aryl methyl sites for hydroxylation is 1. The van der Waals surface area contributed by atoms with Gasteiger partial charge in [0.15, 0.2) is 11.5 Å². The average molecular weight is 777 g/mol. The number of ether oxygens (including phenoxy) is 3. The van der Waals surface area contributed by atoms with Gasteiger partial charge in [-0.3, -0.25) is 9.79 Å². The molecule has 56 heavy (non-hydrogen) atoms. The lowest BCUT2D eigenvalue weighted by atomic mass is 9.55. The molecule has 11 heteroatoms. The van der Waals surface area contributed by atoms with E-state index in [1.807, 2.05) is 0 Å². The number of aliphatic hydroxyl groups is 1. The highest BCUT2D eigenvalue weighted by Crippen LogP contribution is 2.61. The summed E-state index contributed by atoms with van der Waals surface area (Å²) in [6, 6.07) is 9.44. The maximum Gasteiger partial charge on any atom is 0.267 e. The van der Waals surface area contributed by atoms with Crippen LogP contribution in [0.5, 0.6) is 17.2 Å². The van der Waals surface area contributed by atoms with E-state index in [2.05, 4.69) is 39.9 Å². The molecule has 0 unspecified atom stereocenters. The molecule has 2 saturated carbocycles. The van der Waals surface area contributed by atoms with Crippen LogP contribution in [-0.4, -0.2) is 116 Å². The van der Waals surface area contributed by atoms with E-state index in [0.717, 1.165) is 102 Å². The molecule has 2 saturated heterocycles. The van der Waals surface area contributed by atoms with E-state index in [0.29, 0.717) is 35.6 Å². The molecule has 0 radical (unpaired) electrons. The van der Waals surface area contributed by atoms with Gasteiger partial charge in [-0.1, -0.05) is 13.0 Å². The molecule has 2 aromatic carbocycles. The van der Waals surface area contributed by atoms with Crippen molar-refractivity contribution in [3.63, 3.8) is 0 Å². The summed E-state index contributed by atoms with van der Waals surface area (Å²) in [5, 5.41) is 10.7. The number of halogens is 2. The zero-order chi connectivity index (χ0) is 38.9. The van der Waals surface area contributed by atoms with E-state index < -0.39 is 30.8 Å². The predicted octanol–water partition coefficient (Wildman–Crippen LogP) is 7.89. The lowest BCUT2D eigenvalue weighted by Gasteiger charge is -2.50. The monoisotopic (exact) mass is 776 g/mol. The molecule has 0 spiro atoms. The van der Waals surface area contributed by atoms with E-state index >= 15 is 0 Å². The smallest absolute Gasteiger partial charge is 0.267 e. The molecule has 0 bridgehead atoms. The Morgan fingerprint density at radius 2 is 1.61 bits per heavy atom. The highest BCUT2D eigenvalue weighted by Gasteiger charge is 2.54. The van der Waals surface area contributed by atoms with Gasteiger partial charge in [0.05, 0.1) is 50.3 Å². The van der Waals surface area contributed by atoms with Gasteiger partial charge in [0.25, 0.3) is 11.8 Å². The number of methoxy groups -OCH3 is 1. The lowest BCUT2D eigenvalue weighted by molar-refractivity contribution is -0.0226. The first-order valence-corrected chi connectivity index (χ1v) is 21.6. The summed E-state index contributed by atoms with van der Waals surface area (Å²) in [4.78, 5) is 23.8. The van der Waals surface area contributed by atoms with Gasteiger partial charge >= 0.3 is 0 Å². The number of hydrogen-bond acceptors (Lipinski definition) is 8. The van der Waals surface area contributed by atoms with Gasteiger partial charge in [0.1, 0.15) is 5.75 Å². The molecule has 3 aliphatic carbocycles. The number of benzene rings is 2. The molecule has 306 valence electrons. The minimum atomic E-state index is -2.90. The van der Waals surface area contributed by atoms with Crippen molar-refractivity contribution in [2.75, 3.05) is 66.1 Å². The number of piperazine rings is 1. The van der Waals surface area contributed by atoms with Gasteiger partial charge in [-0.15, -0.1) is 0 Å². The maximum absolute atomic E-state index is 14.0. The number of carbonyl (C=O) groups excluding carboxylic acids is 1. The normalized spacial score (nSPS) is 29.6. The molecule has 9 nitrogen and oxygen atoms in total. The second-order valence-electron chi connectivity index (χ2n) is 17.8. The Morgan fingerprint density at radius 3 is 2.34 bits per heavy atom. The predicted molar refractivity (Wildman–Crippen MR) is 214 cm³/mol. The molecule has 0 aromatic heterocycles. The number of aliphatic hydroxyl groups excluding tert-OH is 1. The van der Waals surface area contributed by atoms with Crippen molar-refractivity contribution < 1.29 is 32.9 Å². The first-order valence-electron chi connectivity index (χ1n) is 21.6. The van der Waals surface area contributed by atoms with E-state index in [1.54, 1.807) is 17.7 Å². The summed E-state index contributed by atoms with van der Waals surface area (Å²) >= 11 is 0. The van der Waals surface area contributed by atoms with Crippen LogP contribution in [0.3, 0.4) is 0 Å². The molecule has 6 atom stereocenters. The lowest BCUT2D eigenvalue weighted by Crippen LogP contribution is -2.46. The summed E-state index contributed by atoms with van der Waals surface area (Å²) in [6.07, 6.45) is 14.4. The van der Waals surface area contributed by atoms with Gasteiger partial charge in [-0.2, -0.15) is 0 Å². The molecular weight excluding hydrogens is 715 g/mol. The van der Waals surface area contributed by atoms with Crippen LogP contribution >= 0.6 is 0 Å². The Bertz CT molecular complexity index is 1730. The maximum atomic E-state index is 14.0. The summed E-state index contributed by atoms with van der Waals surface area (Å²) in [6.45, 7) is 9.79. The molecular formula is C45H62F2N4O5. The fraction of sp³-hybridized carbons (Fsp3) is 0.689. The second kappa shape index (κ2) is 16.9. The second-order valence-corrected chi connectivity index (χ2v) is 17.8. The third-order valence-electron chi connectivity index (χ3n) is 14.3. The fourth-order valence-corrected chi connectivity index (χ4v) is 11.1. The highest BCUT2D eigenvalue weighted by atomic mass is 19.3. The number of hydrogen-bond donors (Lipinski definition) is 1. The van der Waals surface area contributed by atoms with Crippen molar-refractivity contribution in [3.8, 4) is 17.2 Å². The molecule has 8 rings (SSSR count). The third kappa shape index (κ3) is 8.33. The Balaban J connectivity index is 0.676. The number of amides is 1. The molecule has 4 fully saturated rings. The number of nitrogens with zero attached hydrogens (tertiary/aromatic N) is 4. The van der Waals surface area contributed by atoms with E-state index in [9.17, 15) is 18.7 Å². The number of aliphatic imine (C=N–C) groups is 1. The number of alkyl halides is 2. The zero-order valence-corrected chi connectivity index (χ0v) is 33.5. The van der Waals surface area contributed by atoms with Gasteiger partial charge in [-0.05, 0) is 143 Å². The van der Waals surface area contributed by atoms with Gasteiger partial charge in [0, 0.05) is 44.9 Å². The molecule has 2 aromatic rings. The van der Waals surface area contributed by atoms with Gasteiger partial charge < -0.3 is 34.0 Å². The summed E-state index contributed by atoms with van der Waals surface area (Å²) in [5.41, 5.74) is 3.87. The van der Waals surface area contributed by atoms with Crippen molar-refractivity contribution in [2.24, 2.45) is 22.2 Å². The fourth-order valence-electron chi connectivity index (χ4n) is 11.1. The SMILES string of the molecule is COc1cc2c(cc1OCCCCCN1CCN(CCCCCOc3ccc4c(c3)CC[C@@H]3[C@@H]4CC[C@]4(C)[C@@H](O)CC[C@@H]34)CC1)N=C[C@@H]1CC(F)(F)CN1C2=O. The molecule has 3 aliphatic heterocycles. The molecule has 3 heterocycles. The first kappa shape index (κ1) is 39.5. The van der Waals surface area contributed by atoms with Crippen LogP contribution in [-0.2, 0) is 6.42 Å². The van der Waals surface area contributed by atoms with E-state index in [-0.39, 0.29) is 17.1 Å². The average Bonchev–Trinajstić information content (AvgIpc) is 3.65. The van der Waals surface area contributed by atoms with Gasteiger partial charge in [0.2, 0.25) is 0 Å². The van der Waals surface area contributed by atoms with Crippen molar-refractivity contribution in [1.82, 2.24) is 14.7 Å². The van der Waals surface area contributed by atoms with Crippen LogP contribution in [0, 0.1) is 17.3 Å².